The van der Waals surface area contributed by atoms with Gasteiger partial charge in [-0.2, -0.15) is 0 Å². The number of hydrogen-bond donors (Lipinski definition) is 0. The van der Waals surface area contributed by atoms with Gasteiger partial charge in [0.05, 0.1) is 11.4 Å². The molecule has 3 nitrogen and oxygen atoms in total. The lowest BCUT2D eigenvalue weighted by Crippen LogP contribution is -2.16. The Morgan fingerprint density at radius 2 is 1.63 bits per heavy atom. The summed E-state index contributed by atoms with van der Waals surface area (Å²) in [5, 5.41) is 2.15. The van der Waals surface area contributed by atoms with Gasteiger partial charge in [-0.1, -0.05) is 50.2 Å². The second kappa shape index (κ2) is 5.79. The minimum absolute atomic E-state index is 0.143. The number of nitrogens with zero attached hydrogens (tertiary/aromatic N) is 2. The van der Waals surface area contributed by atoms with E-state index in [2.05, 4.69) is 75.1 Å². The van der Waals surface area contributed by atoms with Crippen molar-refractivity contribution >= 4 is 21.9 Å². The number of hydrogen-bond acceptors (Lipinski definition) is 3. The van der Waals surface area contributed by atoms with Crippen molar-refractivity contribution in [1.82, 2.24) is 9.97 Å². The van der Waals surface area contributed by atoms with Crippen LogP contribution in [0.25, 0.3) is 44.3 Å². The first-order valence-corrected chi connectivity index (χ1v) is 10.3. The minimum atomic E-state index is -0.143. The third kappa shape index (κ3) is 2.15. The summed E-state index contributed by atoms with van der Waals surface area (Å²) >= 11 is 0. The maximum absolute atomic E-state index is 6.67. The topological polar surface area (TPSA) is 38.9 Å². The Hall–Kier alpha value is -3.46. The Bertz CT molecular complexity index is 1490. The van der Waals surface area contributed by atoms with Crippen LogP contribution in [0.1, 0.15) is 36.2 Å². The van der Waals surface area contributed by atoms with Crippen molar-refractivity contribution in [2.45, 2.75) is 33.1 Å². The molecule has 0 amide bonds. The SMILES string of the molecule is Cc1ccnc(-c2c(C)ccc3c2oc2c4c(ncc23)C(C)(C)c2ccccc2-4)c1. The summed E-state index contributed by atoms with van der Waals surface area (Å²) in [6.45, 7) is 8.69. The molecule has 3 heterocycles. The Balaban J connectivity index is 1.76. The van der Waals surface area contributed by atoms with Crippen molar-refractivity contribution in [3.05, 3.63) is 83.3 Å². The average molecular weight is 390 g/mol. The van der Waals surface area contributed by atoms with Gasteiger partial charge in [0.1, 0.15) is 11.2 Å². The molecule has 3 heteroatoms. The molecule has 1 aliphatic carbocycles. The molecule has 0 saturated carbocycles. The highest BCUT2D eigenvalue weighted by molar-refractivity contribution is 6.14. The number of aryl methyl sites for hydroxylation is 2. The van der Waals surface area contributed by atoms with E-state index in [9.17, 15) is 0 Å². The Morgan fingerprint density at radius 1 is 0.833 bits per heavy atom. The Morgan fingerprint density at radius 3 is 2.47 bits per heavy atom. The highest BCUT2D eigenvalue weighted by Crippen LogP contribution is 2.51. The van der Waals surface area contributed by atoms with Crippen molar-refractivity contribution in [1.29, 1.82) is 0 Å². The smallest absolute Gasteiger partial charge is 0.146 e. The van der Waals surface area contributed by atoms with E-state index in [1.165, 1.54) is 16.7 Å². The van der Waals surface area contributed by atoms with E-state index in [-0.39, 0.29) is 5.41 Å². The summed E-state index contributed by atoms with van der Waals surface area (Å²) in [7, 11) is 0. The fourth-order valence-electron chi connectivity index (χ4n) is 4.98. The van der Waals surface area contributed by atoms with Gasteiger partial charge in [-0.05, 0) is 48.2 Å². The molecule has 0 radical (unpaired) electrons. The van der Waals surface area contributed by atoms with E-state index in [1.807, 2.05) is 18.5 Å². The van der Waals surface area contributed by atoms with Crippen LogP contribution in [0.4, 0.5) is 0 Å². The highest BCUT2D eigenvalue weighted by Gasteiger charge is 2.39. The molecular formula is C27H22N2O. The lowest BCUT2D eigenvalue weighted by Gasteiger charge is -2.19. The maximum Gasteiger partial charge on any atom is 0.146 e. The third-order valence-electron chi connectivity index (χ3n) is 6.52. The van der Waals surface area contributed by atoms with Crippen LogP contribution in [0.2, 0.25) is 0 Å². The van der Waals surface area contributed by atoms with Crippen LogP contribution < -0.4 is 0 Å². The van der Waals surface area contributed by atoms with Gasteiger partial charge in [-0.25, -0.2) is 0 Å². The first-order valence-electron chi connectivity index (χ1n) is 10.3. The van der Waals surface area contributed by atoms with Gasteiger partial charge < -0.3 is 4.42 Å². The molecule has 30 heavy (non-hydrogen) atoms. The Kier molecular flexibility index (Phi) is 3.36. The standard InChI is InChI=1S/C27H22N2O/c1-15-11-12-28-21(13-15)22-16(2)9-10-17-19-14-29-26-23(25(19)30-24(17)22)18-7-5-6-8-20(18)27(26,3)4/h5-14H,1-4H3. The molecular weight excluding hydrogens is 368 g/mol. The first kappa shape index (κ1) is 17.4. The number of rotatable bonds is 1. The fourth-order valence-corrected chi connectivity index (χ4v) is 4.98. The lowest BCUT2D eigenvalue weighted by atomic mass is 9.85. The maximum atomic E-state index is 6.67. The van der Waals surface area contributed by atoms with Gasteiger partial charge in [0.2, 0.25) is 0 Å². The number of furan rings is 1. The second-order valence-electron chi connectivity index (χ2n) is 8.85. The van der Waals surface area contributed by atoms with Crippen LogP contribution >= 0.6 is 0 Å². The van der Waals surface area contributed by atoms with Crippen LogP contribution in [0.3, 0.4) is 0 Å². The molecule has 0 N–H and O–H groups in total. The van der Waals surface area contributed by atoms with Crippen molar-refractivity contribution < 1.29 is 4.42 Å². The molecule has 0 fully saturated rings. The summed E-state index contributed by atoms with van der Waals surface area (Å²) in [6.07, 6.45) is 3.85. The van der Waals surface area contributed by atoms with Crippen molar-refractivity contribution in [2.24, 2.45) is 0 Å². The van der Waals surface area contributed by atoms with Gasteiger partial charge in [-0.15, -0.1) is 0 Å². The van der Waals surface area contributed by atoms with Gasteiger partial charge >= 0.3 is 0 Å². The van der Waals surface area contributed by atoms with Gasteiger partial charge in [0.25, 0.3) is 0 Å². The number of benzene rings is 2. The fraction of sp³-hybridized carbons (Fsp3) is 0.185. The quantitative estimate of drug-likeness (QED) is 0.310. The van der Waals surface area contributed by atoms with Crippen LogP contribution in [0.5, 0.6) is 0 Å². The molecule has 0 unspecified atom stereocenters. The third-order valence-corrected chi connectivity index (χ3v) is 6.52. The molecule has 0 saturated heterocycles. The number of pyridine rings is 2. The molecule has 2 aromatic carbocycles. The minimum Gasteiger partial charge on any atom is -0.455 e. The summed E-state index contributed by atoms with van der Waals surface area (Å²) < 4.78 is 6.67. The first-order chi connectivity index (χ1) is 14.5. The largest absolute Gasteiger partial charge is 0.455 e. The van der Waals surface area contributed by atoms with E-state index >= 15 is 0 Å². The molecule has 146 valence electrons. The molecule has 3 aromatic heterocycles. The number of aromatic nitrogens is 2. The van der Waals surface area contributed by atoms with E-state index in [0.717, 1.165) is 50.0 Å². The molecule has 0 spiro atoms. The zero-order valence-electron chi connectivity index (χ0n) is 17.6. The van der Waals surface area contributed by atoms with Crippen molar-refractivity contribution in [3.63, 3.8) is 0 Å². The van der Waals surface area contributed by atoms with Crippen molar-refractivity contribution in [3.8, 4) is 22.4 Å². The molecule has 0 atom stereocenters. The molecule has 6 rings (SSSR count). The Labute approximate surface area is 175 Å². The average Bonchev–Trinajstić information content (AvgIpc) is 3.21. The van der Waals surface area contributed by atoms with Crippen LogP contribution in [0.15, 0.2) is 65.3 Å². The van der Waals surface area contributed by atoms with Crippen LogP contribution in [-0.2, 0) is 5.41 Å². The monoisotopic (exact) mass is 390 g/mol. The van der Waals surface area contributed by atoms with Gasteiger partial charge in [0, 0.05) is 39.7 Å². The van der Waals surface area contributed by atoms with E-state index in [1.54, 1.807) is 0 Å². The zero-order valence-corrected chi connectivity index (χ0v) is 17.6. The van der Waals surface area contributed by atoms with Crippen LogP contribution in [-0.4, -0.2) is 9.97 Å². The highest BCUT2D eigenvalue weighted by atomic mass is 16.3. The molecule has 0 aliphatic heterocycles. The summed E-state index contributed by atoms with van der Waals surface area (Å²) in [6, 6.07) is 17.0. The van der Waals surface area contributed by atoms with E-state index in [4.69, 9.17) is 9.40 Å². The van der Waals surface area contributed by atoms with E-state index < -0.39 is 0 Å². The zero-order chi connectivity index (χ0) is 20.6. The second-order valence-corrected chi connectivity index (χ2v) is 8.85. The predicted molar refractivity (Wildman–Crippen MR) is 122 cm³/mol. The molecule has 1 aliphatic rings. The molecule has 0 bridgehead atoms. The molecule has 5 aromatic rings. The number of fused-ring (bicyclic) bond motifs is 7. The summed E-state index contributed by atoms with van der Waals surface area (Å²) in [5.74, 6) is 0. The van der Waals surface area contributed by atoms with Gasteiger partial charge in [0.15, 0.2) is 0 Å². The normalized spacial score (nSPS) is 14.3. The lowest BCUT2D eigenvalue weighted by molar-refractivity contribution is 0.633. The summed E-state index contributed by atoms with van der Waals surface area (Å²) in [4.78, 5) is 9.59. The van der Waals surface area contributed by atoms with E-state index in [0.29, 0.717) is 0 Å². The predicted octanol–water partition coefficient (Wildman–Crippen LogP) is 6.97. The van der Waals surface area contributed by atoms with Crippen molar-refractivity contribution in [2.75, 3.05) is 0 Å². The van der Waals surface area contributed by atoms with Gasteiger partial charge in [-0.3, -0.25) is 9.97 Å². The summed E-state index contributed by atoms with van der Waals surface area (Å²) in [5.41, 5.74) is 10.8. The van der Waals surface area contributed by atoms with Crippen LogP contribution in [0, 0.1) is 13.8 Å².